The van der Waals surface area contributed by atoms with Crippen molar-refractivity contribution in [1.29, 1.82) is 0 Å². The van der Waals surface area contributed by atoms with Gasteiger partial charge in [0.1, 0.15) is 0 Å². The molecular weight excluding hydrogens is 312 g/mol. The van der Waals surface area contributed by atoms with Crippen LogP contribution in [0.2, 0.25) is 5.02 Å². The van der Waals surface area contributed by atoms with Gasteiger partial charge in [0, 0.05) is 36.0 Å². The highest BCUT2D eigenvalue weighted by Gasteiger charge is 2.28. The van der Waals surface area contributed by atoms with Crippen molar-refractivity contribution in [3.63, 3.8) is 0 Å². The lowest BCUT2D eigenvalue weighted by Gasteiger charge is -2.34. The number of anilines is 1. The molecule has 0 saturated carbocycles. The largest absolute Gasteiger partial charge is 0.330 e. The normalized spacial score (nSPS) is 18.1. The van der Waals surface area contributed by atoms with Crippen molar-refractivity contribution in [1.82, 2.24) is 4.90 Å². The quantitative estimate of drug-likeness (QED) is 0.803. The molecule has 1 heterocycles. The number of fused-ring (bicyclic) bond motifs is 1. The lowest BCUT2D eigenvalue weighted by molar-refractivity contribution is 0.295. The van der Waals surface area contributed by atoms with Gasteiger partial charge in [-0.05, 0) is 48.4 Å². The number of hydrogen-bond donors (Lipinski definition) is 1. The Bertz CT molecular complexity index is 687. The van der Waals surface area contributed by atoms with Crippen LogP contribution in [-0.4, -0.2) is 24.7 Å². The first-order valence-electron chi connectivity index (χ1n) is 7.45. The van der Waals surface area contributed by atoms with Crippen LogP contribution < -0.4 is 4.72 Å². The number of rotatable bonds is 3. The third-order valence-corrected chi connectivity index (χ3v) is 4.98. The van der Waals surface area contributed by atoms with Crippen LogP contribution in [0.15, 0.2) is 36.4 Å². The molecule has 0 spiro atoms. The zero-order chi connectivity index (χ0) is 15.7. The Morgan fingerprint density at radius 2 is 2.00 bits per heavy atom. The maximum absolute atomic E-state index is 6.52. The summed E-state index contributed by atoms with van der Waals surface area (Å²) in [5.41, 5.74) is 6.40. The molecule has 0 radical (unpaired) electrons. The number of benzene rings is 2. The van der Waals surface area contributed by atoms with E-state index in [2.05, 4.69) is 66.2 Å². The van der Waals surface area contributed by atoms with Gasteiger partial charge in [-0.2, -0.15) is 0 Å². The molecule has 2 nitrogen and oxygen atoms in total. The van der Waals surface area contributed by atoms with Crippen molar-refractivity contribution in [3.8, 4) is 0 Å². The second-order valence-corrected chi connectivity index (χ2v) is 6.98. The first-order valence-corrected chi connectivity index (χ1v) is 9.05. The standard InChI is InChI=1S/C18H21ClN2S/c1-12-8-14-15(10-21(2)11-16(14)17(19)9-12)13-6-4-5-7-18(13)20-22-3/h4-9,15,20H,10-11H2,1-3H3. The van der Waals surface area contributed by atoms with E-state index in [-0.39, 0.29) is 0 Å². The van der Waals surface area contributed by atoms with Gasteiger partial charge in [0.25, 0.3) is 0 Å². The summed E-state index contributed by atoms with van der Waals surface area (Å²) in [6, 6.07) is 12.9. The molecule has 1 aliphatic rings. The fraction of sp³-hybridized carbons (Fsp3) is 0.333. The van der Waals surface area contributed by atoms with Gasteiger partial charge in [-0.15, -0.1) is 0 Å². The predicted molar refractivity (Wildman–Crippen MR) is 97.9 cm³/mol. The Morgan fingerprint density at radius 3 is 2.77 bits per heavy atom. The third kappa shape index (κ3) is 2.98. The fourth-order valence-corrected chi connectivity index (χ4v) is 4.04. The number of hydrogen-bond acceptors (Lipinski definition) is 3. The molecule has 0 saturated heterocycles. The highest BCUT2D eigenvalue weighted by molar-refractivity contribution is 7.99. The van der Waals surface area contributed by atoms with E-state index < -0.39 is 0 Å². The van der Waals surface area contributed by atoms with Crippen LogP contribution in [0.5, 0.6) is 0 Å². The predicted octanol–water partition coefficient (Wildman–Crippen LogP) is 4.92. The maximum Gasteiger partial charge on any atom is 0.0478 e. The van der Waals surface area contributed by atoms with Gasteiger partial charge < -0.3 is 9.62 Å². The van der Waals surface area contributed by atoms with E-state index in [1.807, 2.05) is 0 Å². The van der Waals surface area contributed by atoms with E-state index in [0.717, 1.165) is 18.1 Å². The molecule has 3 rings (SSSR count). The molecule has 1 atom stereocenters. The molecule has 116 valence electrons. The van der Waals surface area contributed by atoms with Gasteiger partial charge in [0.15, 0.2) is 0 Å². The number of para-hydroxylation sites is 1. The maximum atomic E-state index is 6.52. The molecule has 0 amide bonds. The van der Waals surface area contributed by atoms with Gasteiger partial charge in [0.05, 0.1) is 0 Å². The second kappa shape index (κ2) is 6.53. The zero-order valence-corrected chi connectivity index (χ0v) is 14.8. The molecule has 0 aliphatic carbocycles. The number of aryl methyl sites for hydroxylation is 1. The molecule has 22 heavy (non-hydrogen) atoms. The zero-order valence-electron chi connectivity index (χ0n) is 13.2. The molecule has 4 heteroatoms. The topological polar surface area (TPSA) is 15.3 Å². The van der Waals surface area contributed by atoms with Crippen molar-refractivity contribution in [2.45, 2.75) is 19.4 Å². The summed E-state index contributed by atoms with van der Waals surface area (Å²) in [7, 11) is 2.16. The molecule has 0 bridgehead atoms. The molecule has 2 aromatic carbocycles. The van der Waals surface area contributed by atoms with E-state index >= 15 is 0 Å². The van der Waals surface area contributed by atoms with E-state index in [9.17, 15) is 0 Å². The van der Waals surface area contributed by atoms with Crippen molar-refractivity contribution >= 4 is 29.2 Å². The Labute approximate surface area is 142 Å². The minimum Gasteiger partial charge on any atom is -0.330 e. The summed E-state index contributed by atoms with van der Waals surface area (Å²) in [5, 5.41) is 0.891. The minimum atomic E-state index is 0.349. The van der Waals surface area contributed by atoms with E-state index in [0.29, 0.717) is 5.92 Å². The molecule has 1 aliphatic heterocycles. The van der Waals surface area contributed by atoms with Gasteiger partial charge in [-0.1, -0.05) is 47.8 Å². The third-order valence-electron chi connectivity index (χ3n) is 4.22. The van der Waals surface area contributed by atoms with Crippen LogP contribution in [0.3, 0.4) is 0 Å². The lowest BCUT2D eigenvalue weighted by Crippen LogP contribution is -2.31. The molecule has 2 aromatic rings. The Morgan fingerprint density at radius 1 is 1.23 bits per heavy atom. The highest BCUT2D eigenvalue weighted by atomic mass is 35.5. The van der Waals surface area contributed by atoms with E-state index in [1.165, 1.54) is 27.9 Å². The van der Waals surface area contributed by atoms with Crippen molar-refractivity contribution < 1.29 is 0 Å². The average Bonchev–Trinajstić information content (AvgIpc) is 2.48. The number of nitrogens with one attached hydrogen (secondary N) is 1. The molecule has 0 fully saturated rings. The molecular formula is C18H21ClN2S. The summed E-state index contributed by atoms with van der Waals surface area (Å²) < 4.78 is 3.41. The number of halogens is 1. The average molecular weight is 333 g/mol. The van der Waals surface area contributed by atoms with Crippen LogP contribution in [0.1, 0.15) is 28.2 Å². The van der Waals surface area contributed by atoms with E-state index in [4.69, 9.17) is 11.6 Å². The molecule has 1 N–H and O–H groups in total. The van der Waals surface area contributed by atoms with Gasteiger partial charge in [0.2, 0.25) is 0 Å². The van der Waals surface area contributed by atoms with Crippen LogP contribution in [-0.2, 0) is 6.54 Å². The van der Waals surface area contributed by atoms with Crippen LogP contribution in [0, 0.1) is 6.92 Å². The van der Waals surface area contributed by atoms with Gasteiger partial charge in [-0.25, -0.2) is 0 Å². The summed E-state index contributed by atoms with van der Waals surface area (Å²) in [4.78, 5) is 2.35. The molecule has 1 unspecified atom stereocenters. The fourth-order valence-electron chi connectivity index (χ4n) is 3.29. The van der Waals surface area contributed by atoms with Crippen LogP contribution >= 0.6 is 23.5 Å². The Balaban J connectivity index is 2.13. The Hall–Kier alpha value is -1.16. The van der Waals surface area contributed by atoms with E-state index in [1.54, 1.807) is 11.9 Å². The minimum absolute atomic E-state index is 0.349. The molecule has 0 aromatic heterocycles. The first kappa shape index (κ1) is 15.7. The van der Waals surface area contributed by atoms with Gasteiger partial charge in [-0.3, -0.25) is 0 Å². The van der Waals surface area contributed by atoms with Crippen molar-refractivity contribution in [2.24, 2.45) is 0 Å². The summed E-state index contributed by atoms with van der Waals surface area (Å²) in [6.45, 7) is 4.05. The van der Waals surface area contributed by atoms with Crippen LogP contribution in [0.4, 0.5) is 5.69 Å². The summed E-state index contributed by atoms with van der Waals surface area (Å²) >= 11 is 8.15. The smallest absolute Gasteiger partial charge is 0.0478 e. The van der Waals surface area contributed by atoms with Crippen molar-refractivity contribution in [2.75, 3.05) is 24.6 Å². The summed E-state index contributed by atoms with van der Waals surface area (Å²) in [6.07, 6.45) is 2.05. The lowest BCUT2D eigenvalue weighted by atomic mass is 9.83. The van der Waals surface area contributed by atoms with Crippen LogP contribution in [0.25, 0.3) is 0 Å². The van der Waals surface area contributed by atoms with Gasteiger partial charge >= 0.3 is 0 Å². The highest BCUT2D eigenvalue weighted by Crippen LogP contribution is 2.39. The Kier molecular flexibility index (Phi) is 4.67. The number of nitrogens with zero attached hydrogens (tertiary/aromatic N) is 1. The first-order chi connectivity index (χ1) is 10.6. The monoisotopic (exact) mass is 332 g/mol. The second-order valence-electron chi connectivity index (χ2n) is 5.96. The summed E-state index contributed by atoms with van der Waals surface area (Å²) in [5.74, 6) is 0.349. The SMILES string of the molecule is CSNc1ccccc1C1CN(C)Cc2c(Cl)cc(C)cc21. The number of likely N-dealkylation sites (N-methyl/N-ethyl adjacent to an activating group) is 1. The van der Waals surface area contributed by atoms with Crippen molar-refractivity contribution in [3.05, 3.63) is 63.7 Å².